The minimum absolute atomic E-state index is 0.143. The number of nitrogens with zero attached hydrogens (tertiary/aromatic N) is 1. The monoisotopic (exact) mass is 993 g/mol. The van der Waals surface area contributed by atoms with E-state index in [9.17, 15) is 0 Å². The zero-order chi connectivity index (χ0) is 51.7. The molecule has 0 bridgehead atoms. The summed E-state index contributed by atoms with van der Waals surface area (Å²) in [5, 5.41) is 2.52. The molecule has 368 valence electrons. The quantitative estimate of drug-likeness (QED) is 0.160. The number of benzene rings is 11. The van der Waals surface area contributed by atoms with Crippen LogP contribution >= 0.6 is 0 Å². The van der Waals surface area contributed by atoms with Gasteiger partial charge in [0.2, 0.25) is 0 Å². The summed E-state index contributed by atoms with van der Waals surface area (Å²) in [7, 11) is 0. The van der Waals surface area contributed by atoms with Gasteiger partial charge in [0.05, 0.1) is 10.8 Å². The van der Waals surface area contributed by atoms with E-state index in [0.29, 0.717) is 0 Å². The maximum Gasteiger partial charge on any atom is 0.0720 e. The van der Waals surface area contributed by atoms with Crippen LogP contribution in [0.1, 0.15) is 87.9 Å². The summed E-state index contributed by atoms with van der Waals surface area (Å²) in [5.74, 6) is 0. The van der Waals surface area contributed by atoms with Gasteiger partial charge in [-0.25, -0.2) is 0 Å². The standard InChI is InChI=1S/C77H55N/c1-75(2)72-47-50(38-43-63(72)64-45-42-55(49-73(64)75)78(53-21-5-3-6-22-53)54-23-7-4-8-24-54)37-39-51-40-44-57(58-26-10-9-25-56(51)58)52-41-46-71-74(48-52)77(67-33-17-13-29-61(67)62-30-14-18-34-68(62)77)70-36-20-19-35-69(70)76(71)65-31-15-11-27-59(65)60-28-12-16-32-66(60)76/h3-37,39-42,44-49H,38,43H2,1-2H3/b39-37+. The van der Waals surface area contributed by atoms with E-state index in [1.54, 1.807) is 0 Å². The summed E-state index contributed by atoms with van der Waals surface area (Å²) >= 11 is 0. The molecule has 5 aliphatic rings. The van der Waals surface area contributed by atoms with E-state index in [-0.39, 0.29) is 5.41 Å². The van der Waals surface area contributed by atoms with Crippen LogP contribution < -0.4 is 4.90 Å². The van der Waals surface area contributed by atoms with Crippen molar-refractivity contribution in [2.24, 2.45) is 0 Å². The van der Waals surface area contributed by atoms with Crippen molar-refractivity contribution < 1.29 is 0 Å². The lowest BCUT2D eigenvalue weighted by atomic mass is 9.52. The van der Waals surface area contributed by atoms with Gasteiger partial charge < -0.3 is 4.90 Å². The fourth-order valence-electron chi connectivity index (χ4n) is 15.2. The molecular weight excluding hydrogens is 939 g/mol. The van der Waals surface area contributed by atoms with Gasteiger partial charge in [-0.2, -0.15) is 0 Å². The molecule has 0 aliphatic heterocycles. The minimum Gasteiger partial charge on any atom is -0.310 e. The number of para-hydroxylation sites is 2. The van der Waals surface area contributed by atoms with Gasteiger partial charge in [-0.1, -0.05) is 244 Å². The number of rotatable bonds is 6. The van der Waals surface area contributed by atoms with Crippen LogP contribution in [0.25, 0.3) is 55.8 Å². The smallest absolute Gasteiger partial charge is 0.0720 e. The summed E-state index contributed by atoms with van der Waals surface area (Å²) in [6.07, 6.45) is 9.31. The molecule has 16 rings (SSSR count). The van der Waals surface area contributed by atoms with Gasteiger partial charge in [-0.05, 0) is 177 Å². The molecule has 2 spiro atoms. The molecule has 0 atom stereocenters. The Morgan fingerprint density at radius 1 is 0.333 bits per heavy atom. The molecule has 0 aromatic heterocycles. The van der Waals surface area contributed by atoms with Crippen LogP contribution in [0.5, 0.6) is 0 Å². The lowest BCUT2D eigenvalue weighted by Crippen LogP contribution is -2.43. The molecule has 11 aromatic carbocycles. The van der Waals surface area contributed by atoms with Gasteiger partial charge in [0.1, 0.15) is 0 Å². The second kappa shape index (κ2) is 16.8. The van der Waals surface area contributed by atoms with E-state index in [2.05, 4.69) is 292 Å². The van der Waals surface area contributed by atoms with Crippen LogP contribution in [0.4, 0.5) is 17.1 Å². The first-order valence-corrected chi connectivity index (χ1v) is 27.8. The van der Waals surface area contributed by atoms with Gasteiger partial charge in [0.25, 0.3) is 0 Å². The Morgan fingerprint density at radius 2 is 0.808 bits per heavy atom. The summed E-state index contributed by atoms with van der Waals surface area (Å²) in [5.41, 5.74) is 29.2. The highest BCUT2D eigenvalue weighted by Gasteiger charge is 2.59. The second-order valence-electron chi connectivity index (χ2n) is 22.5. The van der Waals surface area contributed by atoms with Crippen LogP contribution in [0.2, 0.25) is 0 Å². The first kappa shape index (κ1) is 44.9. The molecule has 0 N–H and O–H groups in total. The SMILES string of the molecule is CC1(C)C2=C(CCC(/C=C/c3ccc(-c4ccc5c(c4)C4(c6ccccc6-c6ccccc64)c4ccccc4C54c5ccccc5-c5ccccc54)c4ccccc34)=C2)c2ccc(N(c3ccccc3)c3ccccc3)cc21. The number of hydrogen-bond acceptors (Lipinski definition) is 1. The molecule has 0 amide bonds. The Kier molecular flexibility index (Phi) is 9.71. The third-order valence-corrected chi connectivity index (χ3v) is 18.5. The number of allylic oxidation sites excluding steroid dienone is 5. The van der Waals surface area contributed by atoms with Crippen molar-refractivity contribution in [1.29, 1.82) is 0 Å². The first-order valence-electron chi connectivity index (χ1n) is 27.8. The maximum atomic E-state index is 2.59. The first-order chi connectivity index (χ1) is 38.5. The zero-order valence-electron chi connectivity index (χ0n) is 43.8. The summed E-state index contributed by atoms with van der Waals surface area (Å²) < 4.78 is 0. The molecule has 5 aliphatic carbocycles. The van der Waals surface area contributed by atoms with Crippen molar-refractivity contribution in [2.75, 3.05) is 4.90 Å². The Bertz CT molecular complexity index is 4280. The largest absolute Gasteiger partial charge is 0.310 e. The van der Waals surface area contributed by atoms with E-state index in [1.807, 2.05) is 0 Å². The number of fused-ring (bicyclic) bond motifs is 19. The van der Waals surface area contributed by atoms with Crippen molar-refractivity contribution >= 4 is 39.5 Å². The van der Waals surface area contributed by atoms with Crippen LogP contribution in [-0.4, -0.2) is 0 Å². The topological polar surface area (TPSA) is 3.24 Å². The van der Waals surface area contributed by atoms with Gasteiger partial charge in [-0.15, -0.1) is 0 Å². The van der Waals surface area contributed by atoms with Crippen molar-refractivity contribution in [1.82, 2.24) is 0 Å². The predicted molar refractivity (Wildman–Crippen MR) is 325 cm³/mol. The van der Waals surface area contributed by atoms with Crippen molar-refractivity contribution in [3.8, 4) is 33.4 Å². The molecule has 78 heavy (non-hydrogen) atoms. The molecular formula is C77H55N. The van der Waals surface area contributed by atoms with Gasteiger partial charge in [-0.3, -0.25) is 0 Å². The van der Waals surface area contributed by atoms with Crippen molar-refractivity contribution in [2.45, 2.75) is 42.9 Å². The highest BCUT2D eigenvalue weighted by Crippen LogP contribution is 2.68. The fraction of sp³-hybridized carbons (Fsp3) is 0.0909. The summed E-state index contributed by atoms with van der Waals surface area (Å²) in [6.45, 7) is 4.83. The van der Waals surface area contributed by atoms with Crippen LogP contribution in [-0.2, 0) is 16.2 Å². The average molecular weight is 994 g/mol. The predicted octanol–water partition coefficient (Wildman–Crippen LogP) is 19.5. The fourth-order valence-corrected chi connectivity index (χ4v) is 15.2. The van der Waals surface area contributed by atoms with Gasteiger partial charge >= 0.3 is 0 Å². The lowest BCUT2D eigenvalue weighted by Gasteiger charge is -2.49. The second-order valence-corrected chi connectivity index (χ2v) is 22.5. The van der Waals surface area contributed by atoms with Crippen molar-refractivity contribution in [3.63, 3.8) is 0 Å². The Balaban J connectivity index is 0.816. The molecule has 1 heteroatoms. The summed E-state index contributed by atoms with van der Waals surface area (Å²) in [4.78, 5) is 2.38. The number of hydrogen-bond donors (Lipinski definition) is 0. The maximum absolute atomic E-state index is 2.59. The molecule has 0 radical (unpaired) electrons. The molecule has 0 saturated carbocycles. The van der Waals surface area contributed by atoms with Crippen LogP contribution in [0.15, 0.2) is 278 Å². The summed E-state index contributed by atoms with van der Waals surface area (Å²) in [6, 6.07) is 96.2. The van der Waals surface area contributed by atoms with E-state index < -0.39 is 10.8 Å². The van der Waals surface area contributed by atoms with Crippen molar-refractivity contribution in [3.05, 3.63) is 339 Å². The van der Waals surface area contributed by atoms with Crippen LogP contribution in [0.3, 0.4) is 0 Å². The Labute approximate surface area is 457 Å². The molecule has 11 aromatic rings. The molecule has 0 saturated heterocycles. The molecule has 0 fully saturated rings. The van der Waals surface area contributed by atoms with Crippen LogP contribution in [0, 0.1) is 0 Å². The molecule has 0 heterocycles. The number of anilines is 3. The van der Waals surface area contributed by atoms with E-state index in [0.717, 1.165) is 24.2 Å². The molecule has 0 unspecified atom stereocenters. The molecule has 1 nitrogen and oxygen atoms in total. The highest BCUT2D eigenvalue weighted by molar-refractivity contribution is 6.02. The van der Waals surface area contributed by atoms with E-state index in [1.165, 1.54) is 128 Å². The average Bonchev–Trinajstić information content (AvgIpc) is 2.24. The van der Waals surface area contributed by atoms with Gasteiger partial charge in [0.15, 0.2) is 0 Å². The van der Waals surface area contributed by atoms with E-state index in [4.69, 9.17) is 0 Å². The third-order valence-electron chi connectivity index (χ3n) is 18.5. The highest BCUT2D eigenvalue weighted by atomic mass is 15.1. The normalized spacial score (nSPS) is 16.0. The van der Waals surface area contributed by atoms with Gasteiger partial charge in [0, 0.05) is 22.5 Å². The zero-order valence-corrected chi connectivity index (χ0v) is 43.8. The lowest BCUT2D eigenvalue weighted by molar-refractivity contribution is 0.633. The Hall–Kier alpha value is -9.30. The third kappa shape index (κ3) is 6.07. The van der Waals surface area contributed by atoms with E-state index >= 15 is 0 Å². The minimum atomic E-state index is -0.545. The Morgan fingerprint density at radius 3 is 1.38 bits per heavy atom.